The minimum atomic E-state index is 0.244. The van der Waals surface area contributed by atoms with Crippen LogP contribution in [0.25, 0.3) is 10.7 Å². The molecule has 5 nitrogen and oxygen atoms in total. The Morgan fingerprint density at radius 1 is 1.58 bits per heavy atom. The topological polar surface area (TPSA) is 68.2 Å². The van der Waals surface area contributed by atoms with Crippen molar-refractivity contribution in [3.05, 3.63) is 23.4 Å². The maximum Gasteiger partial charge on any atom is 0.241 e. The third-order valence-corrected chi connectivity index (χ3v) is 4.53. The molecule has 0 aromatic carbocycles. The van der Waals surface area contributed by atoms with Crippen LogP contribution in [0.4, 0.5) is 0 Å². The number of likely N-dealkylation sites (tertiary alicyclic amines) is 1. The fourth-order valence-electron chi connectivity index (χ4n) is 2.33. The first kappa shape index (κ1) is 12.8. The molecule has 0 aliphatic carbocycles. The summed E-state index contributed by atoms with van der Waals surface area (Å²) in [5.41, 5.74) is 6.10. The second kappa shape index (κ2) is 5.40. The SMILES string of the molecule is CC1CCN(Cc2nc(-c3cccs3)no2)CC1N. The zero-order valence-electron chi connectivity index (χ0n) is 11.0. The zero-order valence-corrected chi connectivity index (χ0v) is 11.8. The summed E-state index contributed by atoms with van der Waals surface area (Å²) >= 11 is 1.62. The number of hydrogen-bond acceptors (Lipinski definition) is 6. The molecule has 2 aromatic rings. The number of piperidine rings is 1. The van der Waals surface area contributed by atoms with Crippen LogP contribution in [-0.4, -0.2) is 34.2 Å². The van der Waals surface area contributed by atoms with Crippen molar-refractivity contribution >= 4 is 11.3 Å². The van der Waals surface area contributed by atoms with Crippen LogP contribution in [0, 0.1) is 5.92 Å². The summed E-state index contributed by atoms with van der Waals surface area (Å²) in [6.45, 7) is 4.85. The summed E-state index contributed by atoms with van der Waals surface area (Å²) in [7, 11) is 0. The molecular weight excluding hydrogens is 260 g/mol. The van der Waals surface area contributed by atoms with Crippen LogP contribution in [0.5, 0.6) is 0 Å². The predicted molar refractivity (Wildman–Crippen MR) is 74.6 cm³/mol. The number of hydrogen-bond donors (Lipinski definition) is 1. The minimum absolute atomic E-state index is 0.244. The molecule has 0 bridgehead atoms. The Labute approximate surface area is 116 Å². The third-order valence-electron chi connectivity index (χ3n) is 3.67. The zero-order chi connectivity index (χ0) is 13.2. The van der Waals surface area contributed by atoms with Gasteiger partial charge in [-0.15, -0.1) is 11.3 Å². The van der Waals surface area contributed by atoms with E-state index < -0.39 is 0 Å². The highest BCUT2D eigenvalue weighted by atomic mass is 32.1. The Hall–Kier alpha value is -1.24. The number of rotatable bonds is 3. The molecule has 1 fully saturated rings. The lowest BCUT2D eigenvalue weighted by molar-refractivity contribution is 0.146. The van der Waals surface area contributed by atoms with Crippen molar-refractivity contribution in [2.24, 2.45) is 11.7 Å². The van der Waals surface area contributed by atoms with Crippen molar-refractivity contribution in [3.63, 3.8) is 0 Å². The molecule has 1 aliphatic heterocycles. The molecule has 1 saturated heterocycles. The van der Waals surface area contributed by atoms with Gasteiger partial charge in [-0.3, -0.25) is 4.90 Å². The van der Waals surface area contributed by atoms with Crippen molar-refractivity contribution in [1.29, 1.82) is 0 Å². The molecule has 102 valence electrons. The van der Waals surface area contributed by atoms with Crippen LogP contribution in [0.3, 0.4) is 0 Å². The average Bonchev–Trinajstić information content (AvgIpc) is 3.04. The summed E-state index contributed by atoms with van der Waals surface area (Å²) in [5, 5.41) is 6.03. The van der Waals surface area contributed by atoms with Crippen molar-refractivity contribution in [3.8, 4) is 10.7 Å². The van der Waals surface area contributed by atoms with Crippen LogP contribution < -0.4 is 5.73 Å². The summed E-state index contributed by atoms with van der Waals surface area (Å²) in [6, 6.07) is 4.23. The van der Waals surface area contributed by atoms with Gasteiger partial charge in [0, 0.05) is 12.6 Å². The van der Waals surface area contributed by atoms with Crippen LogP contribution >= 0.6 is 11.3 Å². The molecule has 3 rings (SSSR count). The Morgan fingerprint density at radius 3 is 3.21 bits per heavy atom. The highest BCUT2D eigenvalue weighted by molar-refractivity contribution is 7.13. The highest BCUT2D eigenvalue weighted by Crippen LogP contribution is 2.22. The fraction of sp³-hybridized carbons (Fsp3) is 0.538. The van der Waals surface area contributed by atoms with Crippen molar-refractivity contribution in [2.75, 3.05) is 13.1 Å². The summed E-state index contributed by atoms with van der Waals surface area (Å²) < 4.78 is 5.32. The van der Waals surface area contributed by atoms with E-state index in [1.54, 1.807) is 11.3 Å². The molecule has 0 saturated carbocycles. The van der Waals surface area contributed by atoms with Gasteiger partial charge in [0.1, 0.15) is 0 Å². The first-order chi connectivity index (χ1) is 9.22. The van der Waals surface area contributed by atoms with E-state index in [-0.39, 0.29) is 6.04 Å². The Balaban J connectivity index is 1.64. The van der Waals surface area contributed by atoms with Gasteiger partial charge in [-0.05, 0) is 30.3 Å². The first-order valence-corrected chi connectivity index (χ1v) is 7.45. The van der Waals surface area contributed by atoms with Gasteiger partial charge in [-0.25, -0.2) is 0 Å². The van der Waals surface area contributed by atoms with Crippen LogP contribution in [0.15, 0.2) is 22.0 Å². The van der Waals surface area contributed by atoms with E-state index in [1.807, 2.05) is 17.5 Å². The standard InChI is InChI=1S/C13H18N4OS/c1-9-4-5-17(7-10(9)14)8-12-15-13(16-18-12)11-3-2-6-19-11/h2-3,6,9-10H,4-5,7-8,14H2,1H3. The van der Waals surface area contributed by atoms with Crippen LogP contribution in [0.2, 0.25) is 0 Å². The monoisotopic (exact) mass is 278 g/mol. The van der Waals surface area contributed by atoms with E-state index in [0.29, 0.717) is 24.2 Å². The van der Waals surface area contributed by atoms with Gasteiger partial charge in [0.15, 0.2) is 0 Å². The number of aromatic nitrogens is 2. The van der Waals surface area contributed by atoms with E-state index in [2.05, 4.69) is 22.0 Å². The molecule has 2 N–H and O–H groups in total. The molecule has 6 heteroatoms. The van der Waals surface area contributed by atoms with Gasteiger partial charge < -0.3 is 10.3 Å². The highest BCUT2D eigenvalue weighted by Gasteiger charge is 2.24. The maximum absolute atomic E-state index is 6.10. The lowest BCUT2D eigenvalue weighted by Crippen LogP contribution is -2.47. The van der Waals surface area contributed by atoms with Gasteiger partial charge in [-0.1, -0.05) is 18.1 Å². The molecule has 0 spiro atoms. The predicted octanol–water partition coefficient (Wildman–Crippen LogP) is 1.97. The summed E-state index contributed by atoms with van der Waals surface area (Å²) in [4.78, 5) is 7.77. The van der Waals surface area contributed by atoms with Gasteiger partial charge in [-0.2, -0.15) is 4.98 Å². The maximum atomic E-state index is 6.10. The van der Waals surface area contributed by atoms with E-state index in [0.717, 1.165) is 24.4 Å². The third kappa shape index (κ3) is 2.86. The van der Waals surface area contributed by atoms with Crippen molar-refractivity contribution in [2.45, 2.75) is 25.9 Å². The Morgan fingerprint density at radius 2 is 2.47 bits per heavy atom. The van der Waals surface area contributed by atoms with E-state index in [1.165, 1.54) is 0 Å². The summed E-state index contributed by atoms with van der Waals surface area (Å²) in [6.07, 6.45) is 1.13. The van der Waals surface area contributed by atoms with E-state index in [9.17, 15) is 0 Å². The molecular formula is C13H18N4OS. The van der Waals surface area contributed by atoms with Crippen molar-refractivity contribution < 1.29 is 4.52 Å². The minimum Gasteiger partial charge on any atom is -0.338 e. The average molecular weight is 278 g/mol. The molecule has 2 unspecified atom stereocenters. The van der Waals surface area contributed by atoms with Gasteiger partial charge in [0.05, 0.1) is 11.4 Å². The molecule has 19 heavy (non-hydrogen) atoms. The van der Waals surface area contributed by atoms with Gasteiger partial charge >= 0.3 is 0 Å². The quantitative estimate of drug-likeness (QED) is 0.929. The van der Waals surface area contributed by atoms with Gasteiger partial charge in [0.2, 0.25) is 11.7 Å². The molecule has 0 amide bonds. The van der Waals surface area contributed by atoms with E-state index >= 15 is 0 Å². The molecule has 0 radical (unpaired) electrons. The Bertz CT molecular complexity index is 524. The smallest absolute Gasteiger partial charge is 0.241 e. The number of thiophene rings is 1. The number of nitrogens with zero attached hydrogens (tertiary/aromatic N) is 3. The second-order valence-electron chi connectivity index (χ2n) is 5.15. The first-order valence-electron chi connectivity index (χ1n) is 6.57. The summed E-state index contributed by atoms with van der Waals surface area (Å²) in [5.74, 6) is 1.95. The molecule has 1 aliphatic rings. The lowest BCUT2D eigenvalue weighted by atomic mass is 9.94. The molecule has 2 aromatic heterocycles. The lowest BCUT2D eigenvalue weighted by Gasteiger charge is -2.34. The van der Waals surface area contributed by atoms with E-state index in [4.69, 9.17) is 10.3 Å². The number of nitrogens with two attached hydrogens (primary N) is 1. The second-order valence-corrected chi connectivity index (χ2v) is 6.10. The Kier molecular flexibility index (Phi) is 3.63. The molecule has 2 atom stereocenters. The van der Waals surface area contributed by atoms with Crippen molar-refractivity contribution in [1.82, 2.24) is 15.0 Å². The van der Waals surface area contributed by atoms with Crippen LogP contribution in [-0.2, 0) is 6.54 Å². The molecule has 3 heterocycles. The fourth-order valence-corrected chi connectivity index (χ4v) is 2.98. The van der Waals surface area contributed by atoms with Crippen LogP contribution in [0.1, 0.15) is 19.2 Å². The normalized spacial score (nSPS) is 24.7. The van der Waals surface area contributed by atoms with Gasteiger partial charge in [0.25, 0.3) is 0 Å². The largest absolute Gasteiger partial charge is 0.338 e.